The van der Waals surface area contributed by atoms with Crippen LogP contribution in [0.15, 0.2) is 28.7 Å². The van der Waals surface area contributed by atoms with Gasteiger partial charge in [-0.2, -0.15) is 0 Å². The molecule has 1 N–H and O–H groups in total. The summed E-state index contributed by atoms with van der Waals surface area (Å²) in [5, 5.41) is 1.56. The lowest BCUT2D eigenvalue weighted by molar-refractivity contribution is 0.0523. The number of hydrogen-bond donors (Lipinski definition) is 1. The van der Waals surface area contributed by atoms with Crippen LogP contribution in [0.25, 0.3) is 0 Å². The zero-order chi connectivity index (χ0) is 14.5. The molecule has 0 spiro atoms. The van der Waals surface area contributed by atoms with Crippen LogP contribution in [0.3, 0.4) is 0 Å². The maximum atomic E-state index is 11.7. The van der Waals surface area contributed by atoms with E-state index in [-0.39, 0.29) is 6.54 Å². The Hall–Kier alpha value is -1.67. The zero-order valence-electron chi connectivity index (χ0n) is 11.2. The second kappa shape index (κ2) is 6.48. The van der Waals surface area contributed by atoms with Crippen molar-refractivity contribution in [3.05, 3.63) is 28.7 Å². The van der Waals surface area contributed by atoms with Crippen molar-refractivity contribution in [2.45, 2.75) is 26.4 Å². The van der Waals surface area contributed by atoms with Crippen molar-refractivity contribution >= 4 is 27.7 Å². The number of amides is 1. The molecule has 0 aromatic heterocycles. The number of benzene rings is 1. The fourth-order valence-electron chi connectivity index (χ4n) is 1.32. The number of hydrazine groups is 1. The van der Waals surface area contributed by atoms with Gasteiger partial charge in [-0.05, 0) is 45.0 Å². The molecule has 4 nitrogen and oxygen atoms in total. The van der Waals surface area contributed by atoms with Crippen LogP contribution in [-0.4, -0.2) is 18.2 Å². The molecule has 1 rings (SSSR count). The molecule has 0 aliphatic rings. The van der Waals surface area contributed by atoms with E-state index in [0.29, 0.717) is 0 Å². The molecular weight excluding hydrogens is 308 g/mol. The number of nitrogens with zero attached hydrogens (tertiary/aromatic N) is 1. The van der Waals surface area contributed by atoms with E-state index in [9.17, 15) is 4.79 Å². The first-order valence-electron chi connectivity index (χ1n) is 5.78. The monoisotopic (exact) mass is 324 g/mol. The summed E-state index contributed by atoms with van der Waals surface area (Å²) in [5.41, 5.74) is 2.86. The summed E-state index contributed by atoms with van der Waals surface area (Å²) in [6, 6.07) is 7.43. The highest BCUT2D eigenvalue weighted by Crippen LogP contribution is 2.17. The van der Waals surface area contributed by atoms with Gasteiger partial charge < -0.3 is 4.74 Å². The van der Waals surface area contributed by atoms with Crippen LogP contribution in [0.1, 0.15) is 20.8 Å². The van der Waals surface area contributed by atoms with Gasteiger partial charge in [0.15, 0.2) is 0 Å². The first kappa shape index (κ1) is 15.4. The first-order chi connectivity index (χ1) is 8.81. The molecule has 0 unspecified atom stereocenters. The van der Waals surface area contributed by atoms with Crippen LogP contribution < -0.4 is 10.4 Å². The number of anilines is 1. The molecule has 0 saturated carbocycles. The number of halogens is 1. The average molecular weight is 325 g/mol. The summed E-state index contributed by atoms with van der Waals surface area (Å²) < 4.78 is 6.14. The van der Waals surface area contributed by atoms with E-state index in [1.165, 1.54) is 0 Å². The van der Waals surface area contributed by atoms with E-state index < -0.39 is 11.7 Å². The second-order valence-electron chi connectivity index (χ2n) is 4.88. The third-order valence-electron chi connectivity index (χ3n) is 2.01. The van der Waals surface area contributed by atoms with Crippen LogP contribution in [0.5, 0.6) is 0 Å². The van der Waals surface area contributed by atoms with Gasteiger partial charge in [0, 0.05) is 4.47 Å². The Morgan fingerprint density at radius 2 is 2.00 bits per heavy atom. The molecule has 0 bridgehead atoms. The fraction of sp³-hybridized carbons (Fsp3) is 0.357. The normalized spacial score (nSPS) is 10.5. The number of nitrogens with one attached hydrogen (secondary N) is 1. The van der Waals surface area contributed by atoms with E-state index >= 15 is 0 Å². The molecule has 5 heteroatoms. The van der Waals surface area contributed by atoms with Crippen molar-refractivity contribution in [3.8, 4) is 12.3 Å². The summed E-state index contributed by atoms with van der Waals surface area (Å²) in [4.78, 5) is 11.7. The third-order valence-corrected chi connectivity index (χ3v) is 2.54. The van der Waals surface area contributed by atoms with E-state index in [1.807, 2.05) is 24.3 Å². The lowest BCUT2D eigenvalue weighted by Gasteiger charge is -2.26. The van der Waals surface area contributed by atoms with Gasteiger partial charge in [0.2, 0.25) is 0 Å². The van der Waals surface area contributed by atoms with Crippen LogP contribution in [0.4, 0.5) is 10.5 Å². The SMILES string of the molecule is C#CCN(NC(=O)OC(C)(C)C)c1ccc(Br)cc1. The standard InChI is InChI=1S/C14H17BrN2O2/c1-5-10-17(12-8-6-11(15)7-9-12)16-13(18)19-14(2,3)4/h1,6-9H,10H2,2-4H3,(H,16,18). The number of hydrogen-bond acceptors (Lipinski definition) is 3. The van der Waals surface area contributed by atoms with Crippen LogP contribution in [0.2, 0.25) is 0 Å². The Morgan fingerprint density at radius 1 is 1.42 bits per heavy atom. The minimum atomic E-state index is -0.550. The van der Waals surface area contributed by atoms with E-state index in [1.54, 1.807) is 25.8 Å². The van der Waals surface area contributed by atoms with Gasteiger partial charge >= 0.3 is 6.09 Å². The number of rotatable bonds is 3. The molecule has 0 aliphatic heterocycles. The second-order valence-corrected chi connectivity index (χ2v) is 5.80. The number of carbonyl (C=O) groups is 1. The Labute approximate surface area is 122 Å². The van der Waals surface area contributed by atoms with Crippen molar-refractivity contribution in [1.29, 1.82) is 0 Å². The molecule has 1 aromatic carbocycles. The maximum Gasteiger partial charge on any atom is 0.426 e. The minimum absolute atomic E-state index is 0.251. The summed E-state index contributed by atoms with van der Waals surface area (Å²) in [6.07, 6.45) is 4.77. The molecule has 1 amide bonds. The largest absolute Gasteiger partial charge is 0.443 e. The van der Waals surface area contributed by atoms with Gasteiger partial charge in [0.1, 0.15) is 12.1 Å². The molecular formula is C14H17BrN2O2. The van der Waals surface area contributed by atoms with E-state index in [2.05, 4.69) is 27.3 Å². The quantitative estimate of drug-likeness (QED) is 0.685. The van der Waals surface area contributed by atoms with Gasteiger partial charge in [-0.3, -0.25) is 5.01 Å². The first-order valence-corrected chi connectivity index (χ1v) is 6.57. The Bertz CT molecular complexity index is 472. The molecule has 0 heterocycles. The average Bonchev–Trinajstić information content (AvgIpc) is 2.27. The fourth-order valence-corrected chi connectivity index (χ4v) is 1.58. The lowest BCUT2D eigenvalue weighted by Crippen LogP contribution is -2.45. The summed E-state index contributed by atoms with van der Waals surface area (Å²) in [7, 11) is 0. The van der Waals surface area contributed by atoms with E-state index in [4.69, 9.17) is 11.2 Å². The predicted molar refractivity (Wildman–Crippen MR) is 79.7 cm³/mol. The molecule has 0 radical (unpaired) electrons. The minimum Gasteiger partial charge on any atom is -0.443 e. The van der Waals surface area contributed by atoms with Gasteiger partial charge in [-0.15, -0.1) is 6.42 Å². The smallest absolute Gasteiger partial charge is 0.426 e. The van der Waals surface area contributed by atoms with Gasteiger partial charge in [0.25, 0.3) is 0 Å². The summed E-state index contributed by atoms with van der Waals surface area (Å²) >= 11 is 3.35. The molecule has 0 atom stereocenters. The maximum absolute atomic E-state index is 11.7. The van der Waals surface area contributed by atoms with Crippen molar-refractivity contribution < 1.29 is 9.53 Å². The highest BCUT2D eigenvalue weighted by atomic mass is 79.9. The van der Waals surface area contributed by atoms with Crippen molar-refractivity contribution in [3.63, 3.8) is 0 Å². The number of ether oxygens (including phenoxy) is 1. The molecule has 0 fully saturated rings. The number of terminal acetylenes is 1. The third kappa shape index (κ3) is 5.66. The van der Waals surface area contributed by atoms with Gasteiger partial charge in [-0.25, -0.2) is 10.2 Å². The van der Waals surface area contributed by atoms with Crippen molar-refractivity contribution in [1.82, 2.24) is 5.43 Å². The van der Waals surface area contributed by atoms with Crippen molar-refractivity contribution in [2.75, 3.05) is 11.6 Å². The topological polar surface area (TPSA) is 41.6 Å². The Balaban J connectivity index is 2.76. The molecule has 102 valence electrons. The summed E-state index contributed by atoms with van der Waals surface area (Å²) in [5.74, 6) is 2.49. The highest BCUT2D eigenvalue weighted by molar-refractivity contribution is 9.10. The van der Waals surface area contributed by atoms with E-state index in [0.717, 1.165) is 10.2 Å². The van der Waals surface area contributed by atoms with Gasteiger partial charge in [-0.1, -0.05) is 21.9 Å². The number of carbonyl (C=O) groups excluding carboxylic acids is 1. The Kier molecular flexibility index (Phi) is 5.25. The molecule has 0 saturated heterocycles. The Morgan fingerprint density at radius 3 is 2.47 bits per heavy atom. The molecule has 0 aliphatic carbocycles. The summed E-state index contributed by atoms with van der Waals surface area (Å²) in [6.45, 7) is 5.66. The zero-order valence-corrected chi connectivity index (χ0v) is 12.8. The molecule has 19 heavy (non-hydrogen) atoms. The van der Waals surface area contributed by atoms with Crippen LogP contribution >= 0.6 is 15.9 Å². The lowest BCUT2D eigenvalue weighted by atomic mass is 10.2. The van der Waals surface area contributed by atoms with Crippen molar-refractivity contribution in [2.24, 2.45) is 0 Å². The highest BCUT2D eigenvalue weighted by Gasteiger charge is 2.18. The molecule has 1 aromatic rings. The van der Waals surface area contributed by atoms with Crippen LogP contribution in [-0.2, 0) is 4.74 Å². The predicted octanol–water partition coefficient (Wildman–Crippen LogP) is 3.33. The van der Waals surface area contributed by atoms with Gasteiger partial charge in [0.05, 0.1) is 5.69 Å². The van der Waals surface area contributed by atoms with Crippen LogP contribution in [0, 0.1) is 12.3 Å².